The Balaban J connectivity index is 1.48. The van der Waals surface area contributed by atoms with Crippen LogP contribution >= 0.6 is 0 Å². The lowest BCUT2D eigenvalue weighted by Crippen LogP contribution is -2.48. The minimum Gasteiger partial charge on any atom is -0.342 e. The molecule has 21 heavy (non-hydrogen) atoms. The Kier molecular flexibility index (Phi) is 2.74. The van der Waals surface area contributed by atoms with E-state index in [0.717, 1.165) is 35.5 Å². The molecular weight excluding hydrogens is 262 g/mol. The van der Waals surface area contributed by atoms with Crippen molar-refractivity contribution in [3.05, 3.63) is 66.0 Å². The Morgan fingerprint density at radius 3 is 2.52 bits per heavy atom. The van der Waals surface area contributed by atoms with Gasteiger partial charge in [-0.05, 0) is 24.3 Å². The first-order chi connectivity index (χ1) is 10.3. The highest BCUT2D eigenvalue weighted by Gasteiger charge is 2.34. The number of hydrogen-bond acceptors (Lipinski definition) is 2. The van der Waals surface area contributed by atoms with Crippen molar-refractivity contribution in [1.29, 1.82) is 0 Å². The number of benzene rings is 2. The van der Waals surface area contributed by atoms with E-state index >= 15 is 0 Å². The van der Waals surface area contributed by atoms with Crippen LogP contribution in [0.15, 0.2) is 54.6 Å². The van der Waals surface area contributed by atoms with Gasteiger partial charge in [-0.2, -0.15) is 0 Å². The molecule has 1 N–H and O–H groups in total. The van der Waals surface area contributed by atoms with E-state index in [4.69, 9.17) is 0 Å². The van der Waals surface area contributed by atoms with Crippen molar-refractivity contribution in [2.24, 2.45) is 0 Å². The molecule has 1 amide bonds. The quantitative estimate of drug-likeness (QED) is 0.783. The maximum atomic E-state index is 12.3. The second-order valence-corrected chi connectivity index (χ2v) is 5.41. The van der Waals surface area contributed by atoms with Crippen molar-refractivity contribution in [2.75, 3.05) is 13.1 Å². The van der Waals surface area contributed by atoms with E-state index in [1.165, 1.54) is 0 Å². The largest absolute Gasteiger partial charge is 0.342 e. The molecule has 2 heterocycles. The van der Waals surface area contributed by atoms with Crippen molar-refractivity contribution in [3.8, 4) is 0 Å². The number of carbonyl (C=O) groups excluding carboxylic acids is 1. The SMILES string of the molecule is O=C(c1ccccc1)N1CC(c2nc3ccccc3[nH]2)C1. The summed E-state index contributed by atoms with van der Waals surface area (Å²) in [6.07, 6.45) is 0. The summed E-state index contributed by atoms with van der Waals surface area (Å²) in [5.41, 5.74) is 2.79. The van der Waals surface area contributed by atoms with Gasteiger partial charge in [0.05, 0.1) is 17.0 Å². The third kappa shape index (κ3) is 2.09. The summed E-state index contributed by atoms with van der Waals surface area (Å²) in [6.45, 7) is 1.46. The average Bonchev–Trinajstić information content (AvgIpc) is 2.90. The smallest absolute Gasteiger partial charge is 0.253 e. The van der Waals surface area contributed by atoms with Crippen LogP contribution in [0, 0.1) is 0 Å². The number of nitrogens with one attached hydrogen (secondary N) is 1. The van der Waals surface area contributed by atoms with Gasteiger partial charge >= 0.3 is 0 Å². The van der Waals surface area contributed by atoms with Crippen LogP contribution in [0.3, 0.4) is 0 Å². The van der Waals surface area contributed by atoms with E-state index in [1.807, 2.05) is 59.5 Å². The van der Waals surface area contributed by atoms with Gasteiger partial charge in [-0.15, -0.1) is 0 Å². The highest BCUT2D eigenvalue weighted by molar-refractivity contribution is 5.94. The zero-order chi connectivity index (χ0) is 14.2. The third-order valence-electron chi connectivity index (χ3n) is 3.98. The van der Waals surface area contributed by atoms with Crippen LogP contribution in [0.25, 0.3) is 11.0 Å². The van der Waals surface area contributed by atoms with E-state index in [9.17, 15) is 4.79 Å². The summed E-state index contributed by atoms with van der Waals surface area (Å²) in [6, 6.07) is 17.4. The summed E-state index contributed by atoms with van der Waals surface area (Å²) in [4.78, 5) is 22.1. The Morgan fingerprint density at radius 1 is 1.05 bits per heavy atom. The number of amides is 1. The molecule has 4 heteroatoms. The van der Waals surface area contributed by atoms with Crippen LogP contribution in [-0.2, 0) is 0 Å². The molecule has 1 aromatic heterocycles. The van der Waals surface area contributed by atoms with Gasteiger partial charge in [0.2, 0.25) is 0 Å². The van der Waals surface area contributed by atoms with Crippen LogP contribution in [0.1, 0.15) is 22.1 Å². The summed E-state index contributed by atoms with van der Waals surface area (Å²) < 4.78 is 0. The molecule has 1 fully saturated rings. The zero-order valence-electron chi connectivity index (χ0n) is 11.5. The topological polar surface area (TPSA) is 49.0 Å². The molecule has 0 saturated carbocycles. The third-order valence-corrected chi connectivity index (χ3v) is 3.98. The maximum Gasteiger partial charge on any atom is 0.253 e. The standard InChI is InChI=1S/C17H15N3O/c21-17(12-6-2-1-3-7-12)20-10-13(11-20)16-18-14-8-4-5-9-15(14)19-16/h1-9,13H,10-11H2,(H,18,19). The molecule has 0 unspecified atom stereocenters. The molecule has 104 valence electrons. The van der Waals surface area contributed by atoms with E-state index in [0.29, 0.717) is 5.92 Å². The van der Waals surface area contributed by atoms with Gasteiger partial charge < -0.3 is 9.88 Å². The van der Waals surface area contributed by atoms with Crippen LogP contribution in [-0.4, -0.2) is 33.9 Å². The van der Waals surface area contributed by atoms with Crippen molar-refractivity contribution < 1.29 is 4.79 Å². The molecule has 4 rings (SSSR count). The predicted octanol–water partition coefficient (Wildman–Crippen LogP) is 2.80. The lowest BCUT2D eigenvalue weighted by atomic mass is 9.98. The van der Waals surface area contributed by atoms with Crippen LogP contribution < -0.4 is 0 Å². The number of aromatic nitrogens is 2. The minimum atomic E-state index is 0.1000. The number of imidazole rings is 1. The highest BCUT2D eigenvalue weighted by atomic mass is 16.2. The van der Waals surface area contributed by atoms with Gasteiger partial charge in [-0.3, -0.25) is 4.79 Å². The van der Waals surface area contributed by atoms with Crippen LogP contribution in [0.4, 0.5) is 0 Å². The molecule has 1 aliphatic heterocycles. The first-order valence-electron chi connectivity index (χ1n) is 7.10. The van der Waals surface area contributed by atoms with Crippen molar-refractivity contribution in [2.45, 2.75) is 5.92 Å². The fourth-order valence-corrected chi connectivity index (χ4v) is 2.75. The fourth-order valence-electron chi connectivity index (χ4n) is 2.75. The van der Waals surface area contributed by atoms with E-state index in [1.54, 1.807) is 0 Å². The van der Waals surface area contributed by atoms with E-state index in [-0.39, 0.29) is 5.91 Å². The molecule has 0 atom stereocenters. The number of nitrogens with zero attached hydrogens (tertiary/aromatic N) is 2. The van der Waals surface area contributed by atoms with Crippen molar-refractivity contribution >= 4 is 16.9 Å². The molecule has 0 radical (unpaired) electrons. The number of carbonyl (C=O) groups is 1. The Labute approximate surface area is 122 Å². The van der Waals surface area contributed by atoms with Gasteiger partial charge in [0.1, 0.15) is 5.82 Å². The number of aromatic amines is 1. The van der Waals surface area contributed by atoms with Gasteiger partial charge in [0.15, 0.2) is 0 Å². The monoisotopic (exact) mass is 277 g/mol. The molecule has 3 aromatic rings. The summed E-state index contributed by atoms with van der Waals surface area (Å²) in [7, 11) is 0. The zero-order valence-corrected chi connectivity index (χ0v) is 11.5. The Bertz CT molecular complexity index is 755. The van der Waals surface area contributed by atoms with E-state index < -0.39 is 0 Å². The normalized spacial score (nSPS) is 15.1. The number of likely N-dealkylation sites (tertiary alicyclic amines) is 1. The van der Waals surface area contributed by atoms with Gasteiger partial charge in [0, 0.05) is 18.7 Å². The molecule has 1 saturated heterocycles. The number of hydrogen-bond donors (Lipinski definition) is 1. The second kappa shape index (κ2) is 4.74. The average molecular weight is 277 g/mol. The van der Waals surface area contributed by atoms with Crippen LogP contribution in [0.2, 0.25) is 0 Å². The molecule has 4 nitrogen and oxygen atoms in total. The lowest BCUT2D eigenvalue weighted by Gasteiger charge is -2.38. The first-order valence-corrected chi connectivity index (χ1v) is 7.10. The molecule has 0 bridgehead atoms. The second-order valence-electron chi connectivity index (χ2n) is 5.41. The molecule has 0 aliphatic carbocycles. The number of H-pyrrole nitrogens is 1. The molecule has 2 aromatic carbocycles. The van der Waals surface area contributed by atoms with Gasteiger partial charge in [-0.25, -0.2) is 4.98 Å². The van der Waals surface area contributed by atoms with Gasteiger partial charge in [0.25, 0.3) is 5.91 Å². The van der Waals surface area contributed by atoms with Gasteiger partial charge in [-0.1, -0.05) is 30.3 Å². The highest BCUT2D eigenvalue weighted by Crippen LogP contribution is 2.27. The van der Waals surface area contributed by atoms with Crippen molar-refractivity contribution in [1.82, 2.24) is 14.9 Å². The number of para-hydroxylation sites is 2. The minimum absolute atomic E-state index is 0.1000. The first kappa shape index (κ1) is 12.1. The number of fused-ring (bicyclic) bond motifs is 1. The number of rotatable bonds is 2. The maximum absolute atomic E-state index is 12.3. The van der Waals surface area contributed by atoms with Crippen LogP contribution in [0.5, 0.6) is 0 Å². The fraction of sp³-hybridized carbons (Fsp3) is 0.176. The summed E-state index contributed by atoms with van der Waals surface area (Å²) in [5.74, 6) is 1.39. The molecule has 1 aliphatic rings. The summed E-state index contributed by atoms with van der Waals surface area (Å²) >= 11 is 0. The summed E-state index contributed by atoms with van der Waals surface area (Å²) in [5, 5.41) is 0. The molecular formula is C17H15N3O. The molecule has 0 spiro atoms. The Hall–Kier alpha value is -2.62. The van der Waals surface area contributed by atoms with Crippen molar-refractivity contribution in [3.63, 3.8) is 0 Å². The lowest BCUT2D eigenvalue weighted by molar-refractivity contribution is 0.0596. The predicted molar refractivity (Wildman–Crippen MR) is 81.2 cm³/mol. The Morgan fingerprint density at radius 2 is 1.76 bits per heavy atom. The van der Waals surface area contributed by atoms with E-state index in [2.05, 4.69) is 9.97 Å².